The molecule has 0 aliphatic rings. The maximum Gasteiger partial charge on any atom is 0.0622 e. The number of nitriles is 1. The molecule has 0 aromatic rings. The lowest BCUT2D eigenvalue weighted by Crippen LogP contribution is -2.06. The highest BCUT2D eigenvalue weighted by molar-refractivity contribution is 5.01. The van der Waals surface area contributed by atoms with Crippen LogP contribution in [0.15, 0.2) is 0 Å². The predicted molar refractivity (Wildman–Crippen MR) is 37.5 cm³/mol. The molecule has 0 amide bonds. The lowest BCUT2D eigenvalue weighted by Gasteiger charge is -2.13. The molecule has 0 saturated heterocycles. The van der Waals surface area contributed by atoms with Gasteiger partial charge in [0, 0.05) is 11.8 Å². The van der Waals surface area contributed by atoms with Crippen LogP contribution in [0.5, 0.6) is 0 Å². The molecular formula is C8H11N. The van der Waals surface area contributed by atoms with Crippen molar-refractivity contribution >= 4 is 0 Å². The van der Waals surface area contributed by atoms with Gasteiger partial charge in [0.1, 0.15) is 0 Å². The first-order valence-electron chi connectivity index (χ1n) is 2.97. The van der Waals surface area contributed by atoms with Crippen LogP contribution in [0.3, 0.4) is 0 Å². The molecule has 1 heteroatoms. The molecular weight excluding hydrogens is 110 g/mol. The van der Waals surface area contributed by atoms with Gasteiger partial charge in [-0.2, -0.15) is 5.26 Å². The second kappa shape index (κ2) is 3.15. The fourth-order valence-electron chi connectivity index (χ4n) is 0.441. The van der Waals surface area contributed by atoms with Crippen molar-refractivity contribution in [3.8, 4) is 18.4 Å². The second-order valence-electron chi connectivity index (χ2n) is 2.69. The van der Waals surface area contributed by atoms with Crippen molar-refractivity contribution in [1.82, 2.24) is 0 Å². The van der Waals surface area contributed by atoms with Crippen LogP contribution in [-0.4, -0.2) is 0 Å². The number of rotatable bonds is 2. The summed E-state index contributed by atoms with van der Waals surface area (Å²) in [5, 5.41) is 8.21. The van der Waals surface area contributed by atoms with Gasteiger partial charge < -0.3 is 0 Å². The molecule has 0 N–H and O–H groups in total. The highest BCUT2D eigenvalue weighted by Gasteiger charge is 2.11. The minimum absolute atomic E-state index is 0.101. The van der Waals surface area contributed by atoms with Crippen LogP contribution in [0.2, 0.25) is 0 Å². The van der Waals surface area contributed by atoms with Gasteiger partial charge in [-0.05, 0) is 20.3 Å². The standard InChI is InChI=1S/C8H11N/c1-4-8(2,3)6-5-7-9/h1H,5-6H2,2-3H3. The number of nitrogens with zero attached hydrogens (tertiary/aromatic N) is 1. The SMILES string of the molecule is C#CC(C)(C)CCC#N. The Morgan fingerprint density at radius 2 is 2.11 bits per heavy atom. The lowest BCUT2D eigenvalue weighted by molar-refractivity contribution is 0.466. The Kier molecular flexibility index (Phi) is 2.82. The minimum Gasteiger partial charge on any atom is -0.198 e. The van der Waals surface area contributed by atoms with E-state index < -0.39 is 0 Å². The van der Waals surface area contributed by atoms with Gasteiger partial charge >= 0.3 is 0 Å². The highest BCUT2D eigenvalue weighted by Crippen LogP contribution is 2.19. The number of hydrogen-bond acceptors (Lipinski definition) is 1. The van der Waals surface area contributed by atoms with Gasteiger partial charge in [-0.1, -0.05) is 0 Å². The Balaban J connectivity index is 3.65. The van der Waals surface area contributed by atoms with Crippen LogP contribution < -0.4 is 0 Å². The van der Waals surface area contributed by atoms with Crippen molar-refractivity contribution in [2.24, 2.45) is 5.41 Å². The second-order valence-corrected chi connectivity index (χ2v) is 2.69. The van der Waals surface area contributed by atoms with Gasteiger partial charge in [0.2, 0.25) is 0 Å². The van der Waals surface area contributed by atoms with Crippen molar-refractivity contribution in [2.75, 3.05) is 0 Å². The van der Waals surface area contributed by atoms with E-state index in [1.54, 1.807) is 0 Å². The Morgan fingerprint density at radius 1 is 1.56 bits per heavy atom. The third-order valence-electron chi connectivity index (χ3n) is 1.25. The van der Waals surface area contributed by atoms with E-state index >= 15 is 0 Å². The van der Waals surface area contributed by atoms with Crippen LogP contribution in [0.25, 0.3) is 0 Å². The summed E-state index contributed by atoms with van der Waals surface area (Å²) in [6, 6.07) is 2.06. The lowest BCUT2D eigenvalue weighted by atomic mass is 9.89. The summed E-state index contributed by atoms with van der Waals surface area (Å²) in [4.78, 5) is 0. The van der Waals surface area contributed by atoms with E-state index in [0.717, 1.165) is 6.42 Å². The Morgan fingerprint density at radius 3 is 2.44 bits per heavy atom. The van der Waals surface area contributed by atoms with Crippen molar-refractivity contribution < 1.29 is 0 Å². The van der Waals surface area contributed by atoms with Gasteiger partial charge in [0.15, 0.2) is 0 Å². The fourth-order valence-corrected chi connectivity index (χ4v) is 0.441. The molecule has 0 aliphatic carbocycles. The average Bonchev–Trinajstić information content (AvgIpc) is 1.84. The summed E-state index contributed by atoms with van der Waals surface area (Å²) in [6.45, 7) is 3.93. The molecule has 0 saturated carbocycles. The van der Waals surface area contributed by atoms with E-state index in [1.807, 2.05) is 13.8 Å². The molecule has 0 rings (SSSR count). The Labute approximate surface area is 56.7 Å². The maximum atomic E-state index is 8.21. The van der Waals surface area contributed by atoms with E-state index in [1.165, 1.54) is 0 Å². The third-order valence-corrected chi connectivity index (χ3v) is 1.25. The molecule has 0 aliphatic heterocycles. The summed E-state index contributed by atoms with van der Waals surface area (Å²) in [7, 11) is 0. The van der Waals surface area contributed by atoms with Gasteiger partial charge in [-0.25, -0.2) is 0 Å². The van der Waals surface area contributed by atoms with E-state index in [4.69, 9.17) is 11.7 Å². The molecule has 9 heavy (non-hydrogen) atoms. The zero-order valence-electron chi connectivity index (χ0n) is 5.94. The summed E-state index contributed by atoms with van der Waals surface area (Å²) >= 11 is 0. The van der Waals surface area contributed by atoms with Crippen LogP contribution in [0.1, 0.15) is 26.7 Å². The number of terminal acetylenes is 1. The Bertz CT molecular complexity index is 154. The molecule has 0 unspecified atom stereocenters. The first-order valence-corrected chi connectivity index (χ1v) is 2.97. The van der Waals surface area contributed by atoms with E-state index in [2.05, 4.69) is 12.0 Å². The zero-order valence-corrected chi connectivity index (χ0v) is 5.94. The Hall–Kier alpha value is -0.950. The van der Waals surface area contributed by atoms with Crippen molar-refractivity contribution in [3.05, 3.63) is 0 Å². The average molecular weight is 121 g/mol. The minimum atomic E-state index is -0.101. The summed E-state index contributed by atoms with van der Waals surface area (Å²) in [5.74, 6) is 2.62. The molecule has 0 bridgehead atoms. The molecule has 0 fully saturated rings. The van der Waals surface area contributed by atoms with Crippen molar-refractivity contribution in [2.45, 2.75) is 26.7 Å². The van der Waals surface area contributed by atoms with Gasteiger partial charge in [-0.3, -0.25) is 0 Å². The van der Waals surface area contributed by atoms with Crippen LogP contribution >= 0.6 is 0 Å². The summed E-state index contributed by atoms with van der Waals surface area (Å²) in [5.41, 5.74) is -0.101. The van der Waals surface area contributed by atoms with Gasteiger partial charge in [-0.15, -0.1) is 12.3 Å². The topological polar surface area (TPSA) is 23.8 Å². The summed E-state index contributed by atoms with van der Waals surface area (Å²) < 4.78 is 0. The van der Waals surface area contributed by atoms with Gasteiger partial charge in [0.05, 0.1) is 6.07 Å². The zero-order chi connectivity index (χ0) is 7.33. The van der Waals surface area contributed by atoms with E-state index in [9.17, 15) is 0 Å². The fraction of sp³-hybridized carbons (Fsp3) is 0.625. The quantitative estimate of drug-likeness (QED) is 0.512. The molecule has 0 aromatic carbocycles. The predicted octanol–water partition coefficient (Wildman–Crippen LogP) is 1.95. The van der Waals surface area contributed by atoms with Gasteiger partial charge in [0.25, 0.3) is 0 Å². The molecule has 0 atom stereocenters. The first-order chi connectivity index (χ1) is 4.12. The molecule has 0 radical (unpaired) electrons. The smallest absolute Gasteiger partial charge is 0.0622 e. The normalized spacial score (nSPS) is 9.78. The van der Waals surface area contributed by atoms with Crippen LogP contribution in [-0.2, 0) is 0 Å². The van der Waals surface area contributed by atoms with E-state index in [-0.39, 0.29) is 5.41 Å². The monoisotopic (exact) mass is 121 g/mol. The van der Waals surface area contributed by atoms with Crippen LogP contribution in [0.4, 0.5) is 0 Å². The van der Waals surface area contributed by atoms with Crippen molar-refractivity contribution in [3.63, 3.8) is 0 Å². The number of hydrogen-bond donors (Lipinski definition) is 0. The molecule has 0 heterocycles. The molecule has 1 nitrogen and oxygen atoms in total. The molecule has 48 valence electrons. The third kappa shape index (κ3) is 3.62. The van der Waals surface area contributed by atoms with Crippen LogP contribution in [0, 0.1) is 29.1 Å². The van der Waals surface area contributed by atoms with E-state index in [0.29, 0.717) is 6.42 Å². The largest absolute Gasteiger partial charge is 0.198 e. The maximum absolute atomic E-state index is 8.21. The summed E-state index contributed by atoms with van der Waals surface area (Å²) in [6.07, 6.45) is 6.53. The first kappa shape index (κ1) is 8.05. The molecule has 0 spiro atoms. The van der Waals surface area contributed by atoms with Crippen molar-refractivity contribution in [1.29, 1.82) is 5.26 Å². The highest BCUT2D eigenvalue weighted by atomic mass is 14.2. The molecule has 0 aromatic heterocycles.